The normalized spacial score (nSPS) is 10.5. The number of ketones is 1. The first kappa shape index (κ1) is 37.0. The summed E-state index contributed by atoms with van der Waals surface area (Å²) in [6, 6.07) is 42.2. The molecular weight excluding hydrogens is 569 g/mol. The summed E-state index contributed by atoms with van der Waals surface area (Å²) in [6.07, 6.45) is 5.37. The Kier molecular flexibility index (Phi) is 15.1. The maximum Gasteiger partial charge on any atom is 0.135 e. The molecule has 0 spiro atoms. The molecule has 0 unspecified atom stereocenters. The Labute approximate surface area is 284 Å². The quantitative estimate of drug-likeness (QED) is 0.162. The molecule has 47 heavy (non-hydrogen) atoms. The van der Waals surface area contributed by atoms with E-state index in [1.807, 2.05) is 20.8 Å². The van der Waals surface area contributed by atoms with Crippen LogP contribution in [0.3, 0.4) is 0 Å². The zero-order valence-electron chi connectivity index (χ0n) is 29.7. The molecule has 1 heteroatoms. The second kappa shape index (κ2) is 19.2. The second-order valence-corrected chi connectivity index (χ2v) is 12.5. The number of Topliss-reactive ketones (excluding diaryl/α,β-unsaturated/α-hetero) is 1. The molecule has 244 valence electrons. The first-order chi connectivity index (χ1) is 22.8. The predicted molar refractivity (Wildman–Crippen MR) is 209 cm³/mol. The fourth-order valence-electron chi connectivity index (χ4n) is 6.23. The Morgan fingerprint density at radius 3 is 1.23 bits per heavy atom. The van der Waals surface area contributed by atoms with Crippen LogP contribution in [0.5, 0.6) is 0 Å². The van der Waals surface area contributed by atoms with Gasteiger partial charge in [-0.25, -0.2) is 0 Å². The molecule has 0 aliphatic heterocycles. The van der Waals surface area contributed by atoms with Crippen LogP contribution >= 0.6 is 0 Å². The summed E-state index contributed by atoms with van der Waals surface area (Å²) in [5.41, 5.74) is 5.90. The molecule has 0 bridgehead atoms. The minimum atomic E-state index is 0.127. The summed E-state index contributed by atoms with van der Waals surface area (Å²) in [6.45, 7) is 18.4. The van der Waals surface area contributed by atoms with Crippen LogP contribution in [-0.2, 0) is 24.1 Å². The zero-order chi connectivity index (χ0) is 34.2. The lowest BCUT2D eigenvalue weighted by molar-refractivity contribution is -0.121. The lowest BCUT2D eigenvalue weighted by atomic mass is 9.81. The van der Waals surface area contributed by atoms with Crippen molar-refractivity contribution < 1.29 is 4.79 Å². The monoisotopic (exact) mass is 622 g/mol. The number of allylic oxidation sites excluding steroid dienone is 1. The van der Waals surface area contributed by atoms with Crippen molar-refractivity contribution in [3.05, 3.63) is 156 Å². The first-order valence-corrected chi connectivity index (χ1v) is 17.3. The maximum absolute atomic E-state index is 12.2. The van der Waals surface area contributed by atoms with Gasteiger partial charge in [0.25, 0.3) is 0 Å². The van der Waals surface area contributed by atoms with Crippen molar-refractivity contribution in [1.82, 2.24) is 0 Å². The van der Waals surface area contributed by atoms with Gasteiger partial charge in [0.05, 0.1) is 0 Å². The highest BCUT2D eigenvalue weighted by molar-refractivity contribution is 5.92. The van der Waals surface area contributed by atoms with Gasteiger partial charge in [0, 0.05) is 12.3 Å². The molecule has 0 aliphatic carbocycles. The van der Waals surface area contributed by atoms with E-state index >= 15 is 0 Å². The Morgan fingerprint density at radius 2 is 0.915 bits per heavy atom. The van der Waals surface area contributed by atoms with Crippen LogP contribution in [0.15, 0.2) is 134 Å². The van der Waals surface area contributed by atoms with E-state index in [0.717, 1.165) is 19.3 Å². The predicted octanol–water partition coefficient (Wildman–Crippen LogP) is 13.1. The number of benzene rings is 6. The third-order valence-corrected chi connectivity index (χ3v) is 8.46. The zero-order valence-corrected chi connectivity index (χ0v) is 29.7. The molecule has 1 nitrogen and oxygen atoms in total. The minimum Gasteiger partial charge on any atom is -0.299 e. The summed E-state index contributed by atoms with van der Waals surface area (Å²) in [5.74, 6) is 1.01. The number of carbonyl (C=O) groups excluding carboxylic acids is 1. The standard InChI is InChI=1S/C23H32O.2C10H8.C3H6/c1-7-17-18(8-2)23(16(5)6)21-12-10-9-11-19(21)20(17)13-14-22(24)15(3)4;2*1-2-6-10-8-4-3-7-9(10)5-1;1-3-2/h9-12,15-16H,7-8,13-14H2,1-6H3;2*1-8H;3H,1H2,2H3. The smallest absolute Gasteiger partial charge is 0.135 e. The Morgan fingerprint density at radius 1 is 0.574 bits per heavy atom. The summed E-state index contributed by atoms with van der Waals surface area (Å²) in [5, 5.41) is 7.98. The van der Waals surface area contributed by atoms with Crippen molar-refractivity contribution in [2.24, 2.45) is 5.92 Å². The van der Waals surface area contributed by atoms with Gasteiger partial charge in [-0.05, 0) is 86.7 Å². The molecule has 0 atom stereocenters. The SMILES string of the molecule is C=CC.CCc1c(CC)c(C(C)C)c2ccccc2c1CCC(=O)C(C)C.c1ccc2ccccc2c1.c1ccc2ccccc2c1. The van der Waals surface area contributed by atoms with E-state index in [1.54, 1.807) is 6.08 Å². The molecule has 0 aliphatic rings. The molecule has 0 saturated heterocycles. The van der Waals surface area contributed by atoms with Gasteiger partial charge in [-0.15, -0.1) is 6.58 Å². The number of hydrogen-bond acceptors (Lipinski definition) is 1. The molecule has 0 saturated carbocycles. The van der Waals surface area contributed by atoms with Crippen molar-refractivity contribution in [1.29, 1.82) is 0 Å². The van der Waals surface area contributed by atoms with E-state index in [2.05, 4.69) is 156 Å². The maximum atomic E-state index is 12.2. The van der Waals surface area contributed by atoms with Gasteiger partial charge in [-0.3, -0.25) is 4.79 Å². The highest BCUT2D eigenvalue weighted by Crippen LogP contribution is 2.36. The molecule has 6 aromatic carbocycles. The average Bonchev–Trinajstić information content (AvgIpc) is 3.10. The summed E-state index contributed by atoms with van der Waals surface area (Å²) < 4.78 is 0. The van der Waals surface area contributed by atoms with Gasteiger partial charge in [0.2, 0.25) is 0 Å². The van der Waals surface area contributed by atoms with Gasteiger partial charge >= 0.3 is 0 Å². The molecular formula is C46H54O. The van der Waals surface area contributed by atoms with E-state index in [9.17, 15) is 4.79 Å². The molecule has 0 N–H and O–H groups in total. The van der Waals surface area contributed by atoms with Gasteiger partial charge in [-0.2, -0.15) is 0 Å². The van der Waals surface area contributed by atoms with Crippen LogP contribution in [0.25, 0.3) is 32.3 Å². The molecule has 0 amide bonds. The van der Waals surface area contributed by atoms with Crippen LogP contribution in [0.2, 0.25) is 0 Å². The van der Waals surface area contributed by atoms with E-state index in [1.165, 1.54) is 54.6 Å². The fraction of sp³-hybridized carbons (Fsp3) is 0.283. The van der Waals surface area contributed by atoms with Crippen molar-refractivity contribution in [2.75, 3.05) is 0 Å². The molecule has 0 radical (unpaired) electrons. The summed E-state index contributed by atoms with van der Waals surface area (Å²) in [7, 11) is 0. The van der Waals surface area contributed by atoms with Gasteiger partial charge in [0.1, 0.15) is 5.78 Å². The van der Waals surface area contributed by atoms with E-state index in [-0.39, 0.29) is 5.92 Å². The highest BCUT2D eigenvalue weighted by Gasteiger charge is 2.19. The summed E-state index contributed by atoms with van der Waals surface area (Å²) in [4.78, 5) is 12.2. The van der Waals surface area contributed by atoms with Crippen LogP contribution in [0.1, 0.15) is 83.1 Å². The number of rotatable bonds is 7. The number of fused-ring (bicyclic) bond motifs is 3. The van der Waals surface area contributed by atoms with Crippen molar-refractivity contribution in [3.8, 4) is 0 Å². The minimum absolute atomic E-state index is 0.127. The third kappa shape index (κ3) is 10.2. The molecule has 6 rings (SSSR count). The Hall–Kier alpha value is -4.49. The molecule has 0 fully saturated rings. The number of hydrogen-bond donors (Lipinski definition) is 0. The van der Waals surface area contributed by atoms with Crippen molar-refractivity contribution in [3.63, 3.8) is 0 Å². The van der Waals surface area contributed by atoms with Crippen LogP contribution < -0.4 is 0 Å². The van der Waals surface area contributed by atoms with Crippen LogP contribution in [0, 0.1) is 5.92 Å². The van der Waals surface area contributed by atoms with Gasteiger partial charge in [0.15, 0.2) is 0 Å². The lowest BCUT2D eigenvalue weighted by Crippen LogP contribution is -2.11. The van der Waals surface area contributed by atoms with Crippen molar-refractivity contribution >= 4 is 38.1 Å². The van der Waals surface area contributed by atoms with Crippen molar-refractivity contribution in [2.45, 2.75) is 80.1 Å². The second-order valence-electron chi connectivity index (χ2n) is 12.5. The molecule has 6 aromatic rings. The van der Waals surface area contributed by atoms with E-state index in [4.69, 9.17) is 0 Å². The van der Waals surface area contributed by atoms with Crippen LogP contribution in [-0.4, -0.2) is 5.78 Å². The van der Waals surface area contributed by atoms with E-state index < -0.39 is 0 Å². The van der Waals surface area contributed by atoms with Crippen LogP contribution in [0.4, 0.5) is 0 Å². The third-order valence-electron chi connectivity index (χ3n) is 8.46. The Bertz CT molecular complexity index is 1650. The topological polar surface area (TPSA) is 17.1 Å². The Balaban J connectivity index is 0.000000212. The highest BCUT2D eigenvalue weighted by atomic mass is 16.1. The summed E-state index contributed by atoms with van der Waals surface area (Å²) >= 11 is 0. The number of aryl methyl sites for hydroxylation is 1. The number of carbonyl (C=O) groups is 1. The molecule has 0 heterocycles. The van der Waals surface area contributed by atoms with E-state index in [0.29, 0.717) is 18.1 Å². The van der Waals surface area contributed by atoms with Gasteiger partial charge in [-0.1, -0.05) is 169 Å². The fourth-order valence-corrected chi connectivity index (χ4v) is 6.23. The lowest BCUT2D eigenvalue weighted by Gasteiger charge is -2.23. The average molecular weight is 623 g/mol. The largest absolute Gasteiger partial charge is 0.299 e. The first-order valence-electron chi connectivity index (χ1n) is 17.3. The van der Waals surface area contributed by atoms with Gasteiger partial charge < -0.3 is 0 Å². The molecule has 0 aromatic heterocycles.